The molecule has 0 radical (unpaired) electrons. The number of rotatable bonds is 2. The van der Waals surface area contributed by atoms with Crippen LogP contribution in [0.5, 0.6) is 0 Å². The molecule has 0 saturated carbocycles. The van der Waals surface area contributed by atoms with E-state index in [4.69, 9.17) is 9.47 Å². The molecule has 14 heavy (non-hydrogen) atoms. The van der Waals surface area contributed by atoms with E-state index < -0.39 is 0 Å². The summed E-state index contributed by atoms with van der Waals surface area (Å²) in [7, 11) is 0. The van der Waals surface area contributed by atoms with Gasteiger partial charge in [-0.05, 0) is 37.7 Å². The molecule has 1 saturated heterocycles. The fraction of sp³-hybridized carbons (Fsp3) is 0.667. The van der Waals surface area contributed by atoms with Crippen LogP contribution >= 0.6 is 0 Å². The van der Waals surface area contributed by atoms with Crippen LogP contribution in [0.15, 0.2) is 23.8 Å². The highest BCUT2D eigenvalue weighted by Crippen LogP contribution is 2.31. The number of ether oxygens (including phenoxy) is 2. The molecule has 1 aliphatic heterocycles. The van der Waals surface area contributed by atoms with E-state index in [0.717, 1.165) is 26.1 Å². The van der Waals surface area contributed by atoms with Gasteiger partial charge in [0.15, 0.2) is 6.29 Å². The van der Waals surface area contributed by atoms with Crippen molar-refractivity contribution in [1.82, 2.24) is 0 Å². The van der Waals surface area contributed by atoms with Crippen molar-refractivity contribution in [3.05, 3.63) is 23.8 Å². The monoisotopic (exact) mass is 194 g/mol. The van der Waals surface area contributed by atoms with Crippen LogP contribution in [0, 0.1) is 5.92 Å². The van der Waals surface area contributed by atoms with Gasteiger partial charge in [-0.25, -0.2) is 0 Å². The molecule has 1 heterocycles. The molecule has 1 atom stereocenters. The quantitative estimate of drug-likeness (QED) is 0.629. The molecule has 0 spiro atoms. The molecule has 78 valence electrons. The van der Waals surface area contributed by atoms with Crippen LogP contribution in [-0.2, 0) is 9.47 Å². The van der Waals surface area contributed by atoms with Gasteiger partial charge in [0.1, 0.15) is 0 Å². The van der Waals surface area contributed by atoms with Crippen molar-refractivity contribution in [3.63, 3.8) is 0 Å². The SMILES string of the molecule is C=C(C)C1CC=C(C2OCCO2)CC1. The average Bonchev–Trinajstić information content (AvgIpc) is 2.71. The predicted octanol–water partition coefficient (Wildman–Crippen LogP) is 2.66. The van der Waals surface area contributed by atoms with Crippen LogP contribution in [0.3, 0.4) is 0 Å². The maximum Gasteiger partial charge on any atom is 0.179 e. The lowest BCUT2D eigenvalue weighted by atomic mass is 9.85. The normalized spacial score (nSPS) is 28.9. The van der Waals surface area contributed by atoms with Gasteiger partial charge in [0.2, 0.25) is 0 Å². The van der Waals surface area contributed by atoms with Crippen LogP contribution in [0.2, 0.25) is 0 Å². The Hall–Kier alpha value is -0.600. The molecule has 2 heteroatoms. The van der Waals surface area contributed by atoms with E-state index in [1.165, 1.54) is 17.6 Å². The molecule has 0 aromatic rings. The minimum atomic E-state index is -0.0407. The fourth-order valence-electron chi connectivity index (χ4n) is 2.09. The lowest BCUT2D eigenvalue weighted by Gasteiger charge is -2.24. The van der Waals surface area contributed by atoms with Crippen molar-refractivity contribution in [2.75, 3.05) is 13.2 Å². The first-order valence-corrected chi connectivity index (χ1v) is 5.35. The van der Waals surface area contributed by atoms with E-state index in [1.54, 1.807) is 0 Å². The van der Waals surface area contributed by atoms with Crippen molar-refractivity contribution in [3.8, 4) is 0 Å². The highest BCUT2D eigenvalue weighted by atomic mass is 16.7. The molecule has 0 amide bonds. The predicted molar refractivity (Wildman–Crippen MR) is 55.9 cm³/mol. The molecule has 0 bridgehead atoms. The molecule has 2 aliphatic rings. The maximum atomic E-state index is 5.48. The fourth-order valence-corrected chi connectivity index (χ4v) is 2.09. The van der Waals surface area contributed by atoms with Crippen LogP contribution in [-0.4, -0.2) is 19.5 Å². The smallest absolute Gasteiger partial charge is 0.179 e. The van der Waals surface area contributed by atoms with Gasteiger partial charge >= 0.3 is 0 Å². The molecule has 1 aliphatic carbocycles. The Kier molecular flexibility index (Phi) is 3.04. The maximum absolute atomic E-state index is 5.48. The van der Waals surface area contributed by atoms with Gasteiger partial charge in [-0.2, -0.15) is 0 Å². The summed E-state index contributed by atoms with van der Waals surface area (Å²) in [4.78, 5) is 0. The summed E-state index contributed by atoms with van der Waals surface area (Å²) in [6.45, 7) is 7.61. The molecule has 0 aromatic carbocycles. The topological polar surface area (TPSA) is 18.5 Å². The molecule has 0 N–H and O–H groups in total. The molecule has 2 nitrogen and oxygen atoms in total. The summed E-state index contributed by atoms with van der Waals surface area (Å²) in [6, 6.07) is 0. The Morgan fingerprint density at radius 3 is 2.64 bits per heavy atom. The summed E-state index contributed by atoms with van der Waals surface area (Å²) >= 11 is 0. The van der Waals surface area contributed by atoms with Crippen LogP contribution < -0.4 is 0 Å². The van der Waals surface area contributed by atoms with E-state index in [2.05, 4.69) is 19.6 Å². The van der Waals surface area contributed by atoms with Gasteiger partial charge in [-0.15, -0.1) is 0 Å². The Labute approximate surface area is 85.6 Å². The largest absolute Gasteiger partial charge is 0.346 e. The van der Waals surface area contributed by atoms with Crippen LogP contribution in [0.25, 0.3) is 0 Å². The molecule has 0 aromatic heterocycles. The second-order valence-electron chi connectivity index (χ2n) is 4.17. The zero-order valence-corrected chi connectivity index (χ0v) is 8.79. The van der Waals surface area contributed by atoms with Gasteiger partial charge in [-0.3, -0.25) is 0 Å². The molecular weight excluding hydrogens is 176 g/mol. The van der Waals surface area contributed by atoms with Crippen LogP contribution in [0.4, 0.5) is 0 Å². The third-order valence-electron chi connectivity index (χ3n) is 3.07. The van der Waals surface area contributed by atoms with Crippen molar-refractivity contribution in [2.45, 2.75) is 32.5 Å². The first-order valence-electron chi connectivity index (χ1n) is 5.35. The van der Waals surface area contributed by atoms with Crippen molar-refractivity contribution in [1.29, 1.82) is 0 Å². The highest BCUT2D eigenvalue weighted by molar-refractivity contribution is 5.14. The lowest BCUT2D eigenvalue weighted by molar-refractivity contribution is -0.0149. The summed E-state index contributed by atoms with van der Waals surface area (Å²) in [5, 5.41) is 0. The molecule has 1 unspecified atom stereocenters. The summed E-state index contributed by atoms with van der Waals surface area (Å²) in [5.74, 6) is 0.667. The van der Waals surface area contributed by atoms with Gasteiger partial charge in [-0.1, -0.05) is 18.2 Å². The number of hydrogen-bond donors (Lipinski definition) is 0. The van der Waals surface area contributed by atoms with E-state index in [0.29, 0.717) is 5.92 Å². The second kappa shape index (κ2) is 4.28. The molecular formula is C12H18O2. The number of hydrogen-bond acceptors (Lipinski definition) is 2. The standard InChI is InChI=1S/C12H18O2/c1-9(2)10-3-5-11(6-4-10)12-13-7-8-14-12/h5,10,12H,1,3-4,6-8H2,2H3. The van der Waals surface area contributed by atoms with Crippen molar-refractivity contribution < 1.29 is 9.47 Å². The van der Waals surface area contributed by atoms with E-state index in [-0.39, 0.29) is 6.29 Å². The van der Waals surface area contributed by atoms with Crippen LogP contribution in [0.1, 0.15) is 26.2 Å². The first kappa shape index (κ1) is 9.94. The van der Waals surface area contributed by atoms with Gasteiger partial charge in [0.25, 0.3) is 0 Å². The minimum absolute atomic E-state index is 0.0407. The third kappa shape index (κ3) is 2.07. The summed E-state index contributed by atoms with van der Waals surface area (Å²) < 4.78 is 11.0. The second-order valence-corrected chi connectivity index (χ2v) is 4.17. The van der Waals surface area contributed by atoms with Gasteiger partial charge < -0.3 is 9.47 Å². The van der Waals surface area contributed by atoms with Gasteiger partial charge in [0.05, 0.1) is 13.2 Å². The van der Waals surface area contributed by atoms with E-state index >= 15 is 0 Å². The Morgan fingerprint density at radius 1 is 1.43 bits per heavy atom. The first-order chi connectivity index (χ1) is 6.77. The molecule has 1 fully saturated rings. The number of allylic oxidation sites excluding steroid dienone is 2. The van der Waals surface area contributed by atoms with Crippen molar-refractivity contribution in [2.24, 2.45) is 5.92 Å². The average molecular weight is 194 g/mol. The summed E-state index contributed by atoms with van der Waals surface area (Å²) in [5.41, 5.74) is 2.63. The lowest BCUT2D eigenvalue weighted by Crippen LogP contribution is -2.16. The Bertz CT molecular complexity index is 249. The Balaban J connectivity index is 1.93. The van der Waals surface area contributed by atoms with E-state index in [1.807, 2.05) is 0 Å². The zero-order chi connectivity index (χ0) is 9.97. The Morgan fingerprint density at radius 2 is 2.14 bits per heavy atom. The third-order valence-corrected chi connectivity index (χ3v) is 3.07. The highest BCUT2D eigenvalue weighted by Gasteiger charge is 2.24. The van der Waals surface area contributed by atoms with E-state index in [9.17, 15) is 0 Å². The minimum Gasteiger partial charge on any atom is -0.346 e. The molecule has 2 rings (SSSR count). The van der Waals surface area contributed by atoms with Gasteiger partial charge in [0, 0.05) is 0 Å². The van der Waals surface area contributed by atoms with Crippen molar-refractivity contribution >= 4 is 0 Å². The zero-order valence-electron chi connectivity index (χ0n) is 8.79. The summed E-state index contributed by atoms with van der Waals surface area (Å²) in [6.07, 6.45) is 5.64.